The fourth-order valence-corrected chi connectivity index (χ4v) is 1.70. The van der Waals surface area contributed by atoms with Gasteiger partial charge in [0.25, 0.3) is 5.91 Å². The summed E-state index contributed by atoms with van der Waals surface area (Å²) in [4.78, 5) is 25.2. The van der Waals surface area contributed by atoms with E-state index in [1.54, 1.807) is 11.8 Å². The van der Waals surface area contributed by atoms with E-state index in [1.165, 1.54) is 0 Å². The molecule has 1 aliphatic carbocycles. The van der Waals surface area contributed by atoms with Crippen LogP contribution in [-0.4, -0.2) is 42.0 Å². The largest absolute Gasteiger partial charge is 0.464 e. The number of hydrogen-bond donors (Lipinski definition) is 1. The van der Waals surface area contributed by atoms with Gasteiger partial charge in [-0.1, -0.05) is 13.3 Å². The summed E-state index contributed by atoms with van der Waals surface area (Å²) in [6, 6.07) is -0.873. The first kappa shape index (κ1) is 14.0. The van der Waals surface area contributed by atoms with Crippen molar-refractivity contribution in [2.45, 2.75) is 51.6 Å². The average Bonchev–Trinajstić information content (AvgIpc) is 3.13. The molecular weight excluding hydrogens is 220 g/mol. The molecule has 17 heavy (non-hydrogen) atoms. The van der Waals surface area contributed by atoms with Crippen LogP contribution in [0.3, 0.4) is 0 Å². The maximum absolute atomic E-state index is 12.0. The molecule has 1 rings (SSSR count). The lowest BCUT2D eigenvalue weighted by Crippen LogP contribution is -2.50. The van der Waals surface area contributed by atoms with Crippen molar-refractivity contribution in [1.29, 1.82) is 0 Å². The summed E-state index contributed by atoms with van der Waals surface area (Å²) in [5.41, 5.74) is 5.62. The van der Waals surface area contributed by atoms with Gasteiger partial charge in [-0.05, 0) is 26.2 Å². The zero-order valence-corrected chi connectivity index (χ0v) is 10.6. The van der Waals surface area contributed by atoms with Crippen molar-refractivity contribution in [3.8, 4) is 0 Å². The van der Waals surface area contributed by atoms with Crippen molar-refractivity contribution in [2.75, 3.05) is 13.2 Å². The predicted octanol–water partition coefficient (Wildman–Crippen LogP) is 0.668. The maximum Gasteiger partial charge on any atom is 0.332 e. The van der Waals surface area contributed by atoms with Gasteiger partial charge in [0.05, 0.1) is 6.61 Å². The molecule has 0 aromatic rings. The smallest absolute Gasteiger partial charge is 0.332 e. The van der Waals surface area contributed by atoms with Crippen LogP contribution < -0.4 is 5.73 Å². The van der Waals surface area contributed by atoms with Crippen LogP contribution in [0.2, 0.25) is 0 Å². The molecule has 0 heterocycles. The molecule has 5 nitrogen and oxygen atoms in total. The van der Waals surface area contributed by atoms with Gasteiger partial charge in [-0.2, -0.15) is 0 Å². The Hall–Kier alpha value is -1.10. The zero-order chi connectivity index (χ0) is 12.8. The van der Waals surface area contributed by atoms with Gasteiger partial charge in [-0.3, -0.25) is 4.79 Å². The van der Waals surface area contributed by atoms with Crippen LogP contribution in [0.4, 0.5) is 0 Å². The van der Waals surface area contributed by atoms with Crippen LogP contribution in [-0.2, 0) is 14.3 Å². The summed E-state index contributed by atoms with van der Waals surface area (Å²) in [6.45, 7) is 4.71. The number of carbonyl (C=O) groups is 2. The molecule has 1 unspecified atom stereocenters. The van der Waals surface area contributed by atoms with E-state index in [9.17, 15) is 9.59 Å². The minimum absolute atomic E-state index is 0.248. The van der Waals surface area contributed by atoms with Crippen molar-refractivity contribution >= 4 is 11.9 Å². The second kappa shape index (κ2) is 6.59. The molecule has 2 N–H and O–H groups in total. The monoisotopic (exact) mass is 242 g/mol. The number of hydrogen-bond acceptors (Lipinski definition) is 4. The Morgan fingerprint density at radius 2 is 2.06 bits per heavy atom. The lowest BCUT2D eigenvalue weighted by Gasteiger charge is -2.24. The lowest BCUT2D eigenvalue weighted by molar-refractivity contribution is -0.151. The lowest BCUT2D eigenvalue weighted by atomic mass is 10.2. The van der Waals surface area contributed by atoms with Gasteiger partial charge >= 0.3 is 5.97 Å². The molecule has 1 atom stereocenters. The molecule has 5 heteroatoms. The van der Waals surface area contributed by atoms with Crippen LogP contribution in [0.1, 0.15) is 39.5 Å². The average molecular weight is 242 g/mol. The number of carbonyl (C=O) groups excluding carboxylic acids is 2. The van der Waals surface area contributed by atoms with Gasteiger partial charge in [0.15, 0.2) is 6.04 Å². The van der Waals surface area contributed by atoms with E-state index in [4.69, 9.17) is 10.5 Å². The van der Waals surface area contributed by atoms with Gasteiger partial charge in [0.1, 0.15) is 0 Å². The molecular formula is C12H22N2O3. The number of rotatable bonds is 7. The fraction of sp³-hybridized carbons (Fsp3) is 0.833. The summed E-state index contributed by atoms with van der Waals surface area (Å²) in [5, 5.41) is 0. The molecule has 0 aromatic carbocycles. The van der Waals surface area contributed by atoms with E-state index in [0.29, 0.717) is 6.54 Å². The second-order valence-corrected chi connectivity index (χ2v) is 4.35. The summed E-state index contributed by atoms with van der Waals surface area (Å²) < 4.78 is 4.77. The van der Waals surface area contributed by atoms with Gasteiger partial charge in [0, 0.05) is 12.6 Å². The number of esters is 1. The van der Waals surface area contributed by atoms with E-state index >= 15 is 0 Å². The van der Waals surface area contributed by atoms with Gasteiger partial charge in [0.2, 0.25) is 0 Å². The first-order valence-electron chi connectivity index (χ1n) is 6.34. The Kier molecular flexibility index (Phi) is 5.41. The molecule has 0 aliphatic heterocycles. The number of amides is 1. The van der Waals surface area contributed by atoms with E-state index in [-0.39, 0.29) is 18.6 Å². The van der Waals surface area contributed by atoms with E-state index in [1.807, 2.05) is 0 Å². The topological polar surface area (TPSA) is 72.6 Å². The Labute approximate surface area is 102 Å². The Balaban J connectivity index is 2.54. The van der Waals surface area contributed by atoms with E-state index in [0.717, 1.165) is 25.7 Å². The Bertz CT molecular complexity index is 277. The Morgan fingerprint density at radius 1 is 1.41 bits per heavy atom. The Morgan fingerprint density at radius 3 is 2.53 bits per heavy atom. The zero-order valence-electron chi connectivity index (χ0n) is 10.6. The van der Waals surface area contributed by atoms with Crippen LogP contribution in [0.15, 0.2) is 0 Å². The van der Waals surface area contributed by atoms with Crippen molar-refractivity contribution in [3.05, 3.63) is 0 Å². The molecule has 0 saturated heterocycles. The molecule has 0 spiro atoms. The number of nitrogens with zero attached hydrogens (tertiary/aromatic N) is 1. The highest BCUT2D eigenvalue weighted by atomic mass is 16.5. The van der Waals surface area contributed by atoms with Crippen LogP contribution >= 0.6 is 0 Å². The van der Waals surface area contributed by atoms with E-state index in [2.05, 4.69) is 6.92 Å². The van der Waals surface area contributed by atoms with Crippen molar-refractivity contribution < 1.29 is 14.3 Å². The second-order valence-electron chi connectivity index (χ2n) is 4.35. The minimum atomic E-state index is -1.16. The van der Waals surface area contributed by atoms with Crippen LogP contribution in [0, 0.1) is 0 Å². The van der Waals surface area contributed by atoms with Crippen molar-refractivity contribution in [3.63, 3.8) is 0 Å². The highest BCUT2D eigenvalue weighted by Crippen LogP contribution is 2.27. The standard InChI is InChI=1S/C12H22N2O3/c1-3-5-8-14(9-6-7-9)11(15)10(13)12(16)17-4-2/h9-10H,3-8,13H2,1-2H3. The molecule has 98 valence electrons. The molecule has 1 aliphatic rings. The molecule has 1 fully saturated rings. The minimum Gasteiger partial charge on any atom is -0.464 e. The number of unbranched alkanes of at least 4 members (excludes halogenated alkanes) is 1. The van der Waals surface area contributed by atoms with Crippen molar-refractivity contribution in [2.24, 2.45) is 5.73 Å². The fourth-order valence-electron chi connectivity index (χ4n) is 1.70. The first-order chi connectivity index (χ1) is 8.11. The third kappa shape index (κ3) is 4.00. The normalized spacial score (nSPS) is 16.4. The maximum atomic E-state index is 12.0. The molecule has 0 bridgehead atoms. The first-order valence-corrected chi connectivity index (χ1v) is 6.34. The van der Waals surface area contributed by atoms with Crippen LogP contribution in [0.5, 0.6) is 0 Å². The number of nitrogens with two attached hydrogens (primary N) is 1. The van der Waals surface area contributed by atoms with E-state index < -0.39 is 12.0 Å². The summed E-state index contributed by atoms with van der Waals surface area (Å²) in [6.07, 6.45) is 4.00. The SMILES string of the molecule is CCCCN(C(=O)C(N)C(=O)OCC)C1CC1. The van der Waals surface area contributed by atoms with Gasteiger partial charge in [-0.25, -0.2) is 4.79 Å². The van der Waals surface area contributed by atoms with Crippen molar-refractivity contribution in [1.82, 2.24) is 4.90 Å². The molecule has 0 aromatic heterocycles. The van der Waals surface area contributed by atoms with Crippen LogP contribution in [0.25, 0.3) is 0 Å². The van der Waals surface area contributed by atoms with Gasteiger partial charge in [-0.15, -0.1) is 0 Å². The molecule has 1 saturated carbocycles. The summed E-state index contributed by atoms with van der Waals surface area (Å²) in [7, 11) is 0. The molecule has 0 radical (unpaired) electrons. The summed E-state index contributed by atoms with van der Waals surface area (Å²) >= 11 is 0. The third-order valence-electron chi connectivity index (χ3n) is 2.83. The number of ether oxygens (including phenoxy) is 1. The highest BCUT2D eigenvalue weighted by molar-refractivity contribution is 6.01. The third-order valence-corrected chi connectivity index (χ3v) is 2.83. The predicted molar refractivity (Wildman–Crippen MR) is 64.3 cm³/mol. The quantitative estimate of drug-likeness (QED) is 0.526. The summed E-state index contributed by atoms with van der Waals surface area (Å²) in [5.74, 6) is -0.918. The molecule has 1 amide bonds. The highest BCUT2D eigenvalue weighted by Gasteiger charge is 2.36. The van der Waals surface area contributed by atoms with Gasteiger partial charge < -0.3 is 15.4 Å².